The molecule has 0 aliphatic carbocycles. The van der Waals surface area contributed by atoms with Gasteiger partial charge in [-0.1, -0.05) is 41.5 Å². The second-order valence-electron chi connectivity index (χ2n) is 7.52. The second-order valence-corrected chi connectivity index (χ2v) is 9.45. The van der Waals surface area contributed by atoms with Crippen molar-refractivity contribution >= 4 is 15.6 Å². The van der Waals surface area contributed by atoms with Crippen molar-refractivity contribution in [3.8, 4) is 5.75 Å². The molecule has 0 saturated carbocycles. The summed E-state index contributed by atoms with van der Waals surface area (Å²) in [6.07, 6.45) is 1.13. The first kappa shape index (κ1) is 21.3. The van der Waals surface area contributed by atoms with Crippen LogP contribution in [0.4, 0.5) is 0 Å². The van der Waals surface area contributed by atoms with Gasteiger partial charge in [-0.2, -0.15) is 4.31 Å². The zero-order valence-electron chi connectivity index (χ0n) is 17.2. The van der Waals surface area contributed by atoms with Crippen LogP contribution in [-0.4, -0.2) is 44.1 Å². The molecule has 0 spiro atoms. The monoisotopic (exact) mass is 413 g/mol. The molecule has 1 saturated heterocycles. The van der Waals surface area contributed by atoms with E-state index >= 15 is 0 Å². The fourth-order valence-corrected chi connectivity index (χ4v) is 4.82. The highest BCUT2D eigenvalue weighted by atomic mass is 32.2. The highest BCUT2D eigenvalue weighted by Crippen LogP contribution is 2.32. The van der Waals surface area contributed by atoms with Crippen molar-refractivity contribution in [3.05, 3.63) is 76.9 Å². The number of ether oxygens (including phenoxy) is 1. The molecule has 2 aromatic rings. The van der Waals surface area contributed by atoms with E-state index in [1.165, 1.54) is 4.31 Å². The van der Waals surface area contributed by atoms with Gasteiger partial charge in [0, 0.05) is 13.1 Å². The first-order chi connectivity index (χ1) is 13.7. The van der Waals surface area contributed by atoms with E-state index < -0.39 is 16.1 Å². The lowest BCUT2D eigenvalue weighted by Gasteiger charge is -2.15. The van der Waals surface area contributed by atoms with Crippen molar-refractivity contribution in [2.45, 2.75) is 31.8 Å². The van der Waals surface area contributed by atoms with Gasteiger partial charge in [0.2, 0.25) is 10.0 Å². The van der Waals surface area contributed by atoms with Crippen LogP contribution in [0.1, 0.15) is 25.0 Å². The van der Waals surface area contributed by atoms with E-state index in [1.54, 1.807) is 31.4 Å². The van der Waals surface area contributed by atoms with E-state index in [0.717, 1.165) is 28.0 Å². The van der Waals surface area contributed by atoms with E-state index in [9.17, 15) is 13.5 Å². The van der Waals surface area contributed by atoms with Crippen LogP contribution in [0.3, 0.4) is 0 Å². The van der Waals surface area contributed by atoms with E-state index in [4.69, 9.17) is 4.74 Å². The molecule has 1 fully saturated rings. The third-order valence-electron chi connectivity index (χ3n) is 4.96. The maximum Gasteiger partial charge on any atom is 0.243 e. The molecule has 29 heavy (non-hydrogen) atoms. The van der Waals surface area contributed by atoms with Gasteiger partial charge in [-0.15, -0.1) is 0 Å². The molecule has 2 aromatic carbocycles. The third kappa shape index (κ3) is 4.61. The van der Waals surface area contributed by atoms with Crippen LogP contribution in [0, 0.1) is 6.92 Å². The van der Waals surface area contributed by atoms with Crippen molar-refractivity contribution in [1.82, 2.24) is 4.31 Å². The number of sulfonamides is 1. The summed E-state index contributed by atoms with van der Waals surface area (Å²) in [6, 6.07) is 14.3. The van der Waals surface area contributed by atoms with Gasteiger partial charge in [0.05, 0.1) is 18.1 Å². The SMILES string of the molecule is COc1ccc(/C(C=C(C)C)=C2\CN(S(=O)(=O)c3ccc(C)cc3)CC2O)cc1. The van der Waals surface area contributed by atoms with Gasteiger partial charge >= 0.3 is 0 Å². The Hall–Kier alpha value is -2.41. The molecule has 0 bridgehead atoms. The Morgan fingerprint density at radius 1 is 1.10 bits per heavy atom. The predicted molar refractivity (Wildman–Crippen MR) is 115 cm³/mol. The van der Waals surface area contributed by atoms with Gasteiger partial charge in [-0.3, -0.25) is 0 Å². The summed E-state index contributed by atoms with van der Waals surface area (Å²) >= 11 is 0. The molecule has 1 N–H and O–H groups in total. The van der Waals surface area contributed by atoms with Crippen LogP contribution in [0.25, 0.3) is 5.57 Å². The Morgan fingerprint density at radius 3 is 2.28 bits per heavy atom. The molecule has 5 nitrogen and oxygen atoms in total. The molecule has 0 amide bonds. The summed E-state index contributed by atoms with van der Waals surface area (Å²) in [5, 5.41) is 10.7. The van der Waals surface area contributed by atoms with Gasteiger partial charge in [-0.25, -0.2) is 8.42 Å². The molecule has 6 heteroatoms. The minimum absolute atomic E-state index is 0.0435. The number of allylic oxidation sites excluding steroid dienone is 3. The Kier molecular flexibility index (Phi) is 6.27. The zero-order chi connectivity index (χ0) is 21.2. The number of nitrogens with zero attached hydrogens (tertiary/aromatic N) is 1. The largest absolute Gasteiger partial charge is 0.497 e. The number of hydrogen-bond donors (Lipinski definition) is 1. The van der Waals surface area contributed by atoms with E-state index in [1.807, 2.05) is 51.1 Å². The summed E-state index contributed by atoms with van der Waals surface area (Å²) in [7, 11) is -2.07. The minimum Gasteiger partial charge on any atom is -0.497 e. The Balaban J connectivity index is 2.01. The van der Waals surface area contributed by atoms with Gasteiger partial charge in [0.25, 0.3) is 0 Å². The maximum atomic E-state index is 13.1. The van der Waals surface area contributed by atoms with Crippen LogP contribution >= 0.6 is 0 Å². The molecule has 1 unspecified atom stereocenters. The van der Waals surface area contributed by atoms with Crippen LogP contribution in [0.5, 0.6) is 5.75 Å². The normalized spacial score (nSPS) is 19.1. The van der Waals surface area contributed by atoms with Crippen molar-refractivity contribution < 1.29 is 18.3 Å². The van der Waals surface area contributed by atoms with Crippen LogP contribution in [-0.2, 0) is 10.0 Å². The number of aliphatic hydroxyl groups is 1. The first-order valence-electron chi connectivity index (χ1n) is 9.49. The summed E-state index contributed by atoms with van der Waals surface area (Å²) in [5.74, 6) is 0.742. The molecular weight excluding hydrogens is 386 g/mol. The van der Waals surface area contributed by atoms with E-state index in [0.29, 0.717) is 5.57 Å². The zero-order valence-corrected chi connectivity index (χ0v) is 18.0. The molecule has 0 aromatic heterocycles. The van der Waals surface area contributed by atoms with Gasteiger partial charge in [-0.05, 0) is 61.7 Å². The van der Waals surface area contributed by atoms with Crippen molar-refractivity contribution in [1.29, 1.82) is 0 Å². The lowest BCUT2D eigenvalue weighted by Crippen LogP contribution is -2.29. The molecule has 154 valence electrons. The number of benzene rings is 2. The summed E-state index contributed by atoms with van der Waals surface area (Å²) in [6.45, 7) is 6.07. The van der Waals surface area contributed by atoms with Crippen molar-refractivity contribution in [3.63, 3.8) is 0 Å². The van der Waals surface area contributed by atoms with Gasteiger partial charge in [0.15, 0.2) is 0 Å². The number of β-amino-alcohol motifs (C(OH)–C–C–N with tert-alkyl or cyclic N) is 1. The average molecular weight is 414 g/mol. The van der Waals surface area contributed by atoms with Crippen LogP contribution in [0.2, 0.25) is 0 Å². The van der Waals surface area contributed by atoms with Crippen molar-refractivity contribution in [2.24, 2.45) is 0 Å². The fourth-order valence-electron chi connectivity index (χ4n) is 3.39. The molecule has 0 radical (unpaired) electrons. The predicted octanol–water partition coefficient (Wildman–Crippen LogP) is 3.79. The van der Waals surface area contributed by atoms with Gasteiger partial charge in [0.1, 0.15) is 5.75 Å². The Morgan fingerprint density at radius 2 is 1.72 bits per heavy atom. The molecule has 1 atom stereocenters. The van der Waals surface area contributed by atoms with Crippen LogP contribution in [0.15, 0.2) is 70.6 Å². The number of aliphatic hydroxyl groups excluding tert-OH is 1. The highest BCUT2D eigenvalue weighted by molar-refractivity contribution is 7.89. The quantitative estimate of drug-likeness (QED) is 0.810. The average Bonchev–Trinajstić information content (AvgIpc) is 3.09. The second kappa shape index (κ2) is 8.53. The lowest BCUT2D eigenvalue weighted by atomic mass is 9.96. The number of rotatable bonds is 5. The highest BCUT2D eigenvalue weighted by Gasteiger charge is 2.36. The van der Waals surface area contributed by atoms with E-state index in [2.05, 4.69) is 0 Å². The third-order valence-corrected chi connectivity index (χ3v) is 6.79. The molecule has 3 rings (SSSR count). The lowest BCUT2D eigenvalue weighted by molar-refractivity contribution is 0.217. The standard InChI is InChI=1S/C23H27NO4S/c1-16(2)13-21(18-7-9-19(28-4)10-8-18)22-14-24(15-23(22)25)29(26,27)20-11-5-17(3)6-12-20/h5-13,23,25H,14-15H2,1-4H3/b22-21+. The smallest absolute Gasteiger partial charge is 0.243 e. The minimum atomic E-state index is -3.68. The topological polar surface area (TPSA) is 66.8 Å². The summed E-state index contributed by atoms with van der Waals surface area (Å²) in [4.78, 5) is 0.241. The maximum absolute atomic E-state index is 13.1. The van der Waals surface area contributed by atoms with E-state index in [-0.39, 0.29) is 18.0 Å². The number of methoxy groups -OCH3 is 1. The Bertz CT molecular complexity index is 1030. The summed E-state index contributed by atoms with van der Waals surface area (Å²) < 4.78 is 32.7. The molecule has 1 aliphatic rings. The molecular formula is C23H27NO4S. The Labute approximate surface area is 173 Å². The van der Waals surface area contributed by atoms with Crippen molar-refractivity contribution in [2.75, 3.05) is 20.2 Å². The fraction of sp³-hybridized carbons (Fsp3) is 0.304. The first-order valence-corrected chi connectivity index (χ1v) is 10.9. The molecule has 1 aliphatic heterocycles. The molecule has 1 heterocycles. The van der Waals surface area contributed by atoms with Crippen LogP contribution < -0.4 is 4.74 Å². The summed E-state index contributed by atoms with van der Waals surface area (Å²) in [5.41, 5.74) is 4.52. The number of hydrogen-bond acceptors (Lipinski definition) is 4. The number of aryl methyl sites for hydroxylation is 1. The van der Waals surface area contributed by atoms with Gasteiger partial charge < -0.3 is 9.84 Å².